The largest absolute Gasteiger partial charge is 0.325 e. The Hall–Kier alpha value is -4.68. The van der Waals surface area contributed by atoms with Crippen molar-refractivity contribution in [2.24, 2.45) is 16.9 Å². The summed E-state index contributed by atoms with van der Waals surface area (Å²) in [4.78, 5) is 59.1. The van der Waals surface area contributed by atoms with Gasteiger partial charge in [0.2, 0.25) is 5.91 Å². The number of hydrogen-bond donors (Lipinski definition) is 2. The van der Waals surface area contributed by atoms with Crippen molar-refractivity contribution in [1.82, 2.24) is 0 Å². The molecule has 0 spiro atoms. The Labute approximate surface area is 167 Å². The minimum absolute atomic E-state index is 0.0135. The molecule has 3 rings (SSSR count). The summed E-state index contributed by atoms with van der Waals surface area (Å²) < 4.78 is 0. The number of carbonyl (C=O) groups is 3. The number of imide groups is 1. The van der Waals surface area contributed by atoms with E-state index in [1.54, 1.807) is 0 Å². The fourth-order valence-corrected chi connectivity index (χ4v) is 2.85. The lowest BCUT2D eigenvalue weighted by Gasteiger charge is -2.14. The Bertz CT molecular complexity index is 1130. The maximum Gasteiger partial charge on any atom is 0.282 e. The minimum atomic E-state index is -1.74. The first-order valence-corrected chi connectivity index (χ1v) is 8.20. The van der Waals surface area contributed by atoms with Crippen LogP contribution in [0.1, 0.15) is 0 Å². The molecule has 1 fully saturated rings. The summed E-state index contributed by atoms with van der Waals surface area (Å²) >= 11 is 0. The van der Waals surface area contributed by atoms with E-state index in [9.17, 15) is 34.6 Å². The fourth-order valence-electron chi connectivity index (χ4n) is 2.85. The standard InChI is InChI=1S/C17H12N6O7/c18-20-14-13(15(24)19-9-3-1-5-11(7-9)22(27)28)16(25)21(17(14)26)10-4-2-6-12(8-10)23(29)30/h1-8,13H,18H2,(H,19,24). The van der Waals surface area contributed by atoms with E-state index < -0.39 is 39.2 Å². The monoisotopic (exact) mass is 412 g/mol. The molecule has 30 heavy (non-hydrogen) atoms. The average molecular weight is 412 g/mol. The van der Waals surface area contributed by atoms with E-state index in [-0.39, 0.29) is 22.7 Å². The second-order valence-corrected chi connectivity index (χ2v) is 6.00. The van der Waals surface area contributed by atoms with Gasteiger partial charge in [0.1, 0.15) is 5.71 Å². The first-order chi connectivity index (χ1) is 14.2. The number of hydrazone groups is 1. The number of nitro benzene ring substituents is 2. The highest BCUT2D eigenvalue weighted by atomic mass is 16.6. The molecule has 0 saturated carbocycles. The van der Waals surface area contributed by atoms with E-state index in [0.717, 1.165) is 12.1 Å². The van der Waals surface area contributed by atoms with E-state index in [1.165, 1.54) is 36.4 Å². The predicted octanol–water partition coefficient (Wildman–Crippen LogP) is 0.946. The Balaban J connectivity index is 1.93. The van der Waals surface area contributed by atoms with Crippen LogP contribution in [0.5, 0.6) is 0 Å². The van der Waals surface area contributed by atoms with Crippen molar-refractivity contribution in [3.63, 3.8) is 0 Å². The number of nitrogens with one attached hydrogen (secondary N) is 1. The van der Waals surface area contributed by atoms with Crippen LogP contribution in [0.2, 0.25) is 0 Å². The summed E-state index contributed by atoms with van der Waals surface area (Å²) in [5.41, 5.74) is -1.36. The highest BCUT2D eigenvalue weighted by molar-refractivity contribution is 6.61. The van der Waals surface area contributed by atoms with Gasteiger partial charge in [0.05, 0.1) is 15.5 Å². The summed E-state index contributed by atoms with van der Waals surface area (Å²) in [7, 11) is 0. The van der Waals surface area contributed by atoms with Gasteiger partial charge in [0.15, 0.2) is 5.92 Å². The maximum absolute atomic E-state index is 12.8. The first kappa shape index (κ1) is 20.1. The molecule has 1 saturated heterocycles. The zero-order chi connectivity index (χ0) is 22.0. The smallest absolute Gasteiger partial charge is 0.282 e. The van der Waals surface area contributed by atoms with E-state index in [2.05, 4.69) is 10.4 Å². The average Bonchev–Trinajstić information content (AvgIpc) is 2.97. The normalized spacial score (nSPS) is 17.3. The number of benzene rings is 2. The van der Waals surface area contributed by atoms with Crippen LogP contribution in [0.3, 0.4) is 0 Å². The second-order valence-electron chi connectivity index (χ2n) is 6.00. The Morgan fingerprint density at radius 2 is 1.63 bits per heavy atom. The molecular formula is C17H12N6O7. The van der Waals surface area contributed by atoms with Gasteiger partial charge >= 0.3 is 0 Å². The number of nitrogens with two attached hydrogens (primary N) is 1. The number of carbonyl (C=O) groups excluding carboxylic acids is 3. The fraction of sp³-hybridized carbons (Fsp3) is 0.0588. The Kier molecular flexibility index (Phi) is 5.18. The van der Waals surface area contributed by atoms with E-state index >= 15 is 0 Å². The lowest BCUT2D eigenvalue weighted by atomic mass is 10.0. The molecule has 1 unspecified atom stereocenters. The number of nitrogens with zero attached hydrogens (tertiary/aromatic N) is 4. The molecule has 1 heterocycles. The van der Waals surface area contributed by atoms with Crippen molar-refractivity contribution in [3.05, 3.63) is 68.8 Å². The number of non-ortho nitro benzene ring substituents is 2. The van der Waals surface area contributed by atoms with Crippen molar-refractivity contribution >= 4 is 46.2 Å². The molecule has 0 aromatic heterocycles. The maximum atomic E-state index is 12.8. The van der Waals surface area contributed by atoms with Crippen LogP contribution in [0.4, 0.5) is 22.7 Å². The number of amides is 3. The molecule has 1 aliphatic rings. The number of anilines is 2. The summed E-state index contributed by atoms with van der Waals surface area (Å²) in [6.45, 7) is 0. The van der Waals surface area contributed by atoms with Gasteiger partial charge in [-0.15, -0.1) is 0 Å². The van der Waals surface area contributed by atoms with Gasteiger partial charge in [-0.05, 0) is 12.1 Å². The molecule has 2 aromatic rings. The Morgan fingerprint density at radius 3 is 2.23 bits per heavy atom. The third-order valence-corrected chi connectivity index (χ3v) is 4.19. The molecule has 1 aliphatic heterocycles. The molecule has 3 amide bonds. The van der Waals surface area contributed by atoms with Crippen molar-refractivity contribution in [2.45, 2.75) is 0 Å². The molecule has 3 N–H and O–H groups in total. The summed E-state index contributed by atoms with van der Waals surface area (Å²) in [5.74, 6) is 0.439. The van der Waals surface area contributed by atoms with Gasteiger partial charge < -0.3 is 11.2 Å². The first-order valence-electron chi connectivity index (χ1n) is 8.20. The van der Waals surface area contributed by atoms with E-state index in [4.69, 9.17) is 5.84 Å². The Morgan fingerprint density at radius 1 is 1.03 bits per heavy atom. The van der Waals surface area contributed by atoms with Crippen LogP contribution in [0.25, 0.3) is 0 Å². The topological polar surface area (TPSA) is 191 Å². The zero-order valence-corrected chi connectivity index (χ0v) is 14.9. The summed E-state index contributed by atoms with van der Waals surface area (Å²) in [5, 5.41) is 27.4. The van der Waals surface area contributed by atoms with Crippen LogP contribution in [-0.2, 0) is 14.4 Å². The SMILES string of the molecule is NN=C1C(=O)N(c2cccc([N+](=O)[O-])c2)C(=O)C1C(=O)Nc1cccc([N+](=O)[O-])c1. The van der Waals surface area contributed by atoms with Gasteiger partial charge in [0, 0.05) is 30.0 Å². The van der Waals surface area contributed by atoms with E-state index in [0.29, 0.717) is 4.90 Å². The third-order valence-electron chi connectivity index (χ3n) is 4.19. The van der Waals surface area contributed by atoms with Crippen molar-refractivity contribution in [1.29, 1.82) is 0 Å². The molecule has 0 radical (unpaired) electrons. The highest BCUT2D eigenvalue weighted by Gasteiger charge is 2.50. The molecule has 0 aliphatic carbocycles. The van der Waals surface area contributed by atoms with Crippen LogP contribution in [0.15, 0.2) is 53.6 Å². The van der Waals surface area contributed by atoms with Crippen LogP contribution in [0, 0.1) is 26.1 Å². The number of hydrogen-bond acceptors (Lipinski definition) is 9. The van der Waals surface area contributed by atoms with Gasteiger partial charge in [-0.25, -0.2) is 4.90 Å². The number of rotatable bonds is 5. The highest BCUT2D eigenvalue weighted by Crippen LogP contribution is 2.29. The summed E-state index contributed by atoms with van der Waals surface area (Å²) in [6, 6.07) is 9.64. The molecule has 13 nitrogen and oxygen atoms in total. The number of nitro groups is 2. The molecule has 13 heteroatoms. The van der Waals surface area contributed by atoms with Gasteiger partial charge in [-0.3, -0.25) is 34.6 Å². The van der Waals surface area contributed by atoms with Crippen LogP contribution >= 0.6 is 0 Å². The predicted molar refractivity (Wildman–Crippen MR) is 102 cm³/mol. The molecule has 2 aromatic carbocycles. The van der Waals surface area contributed by atoms with Crippen LogP contribution < -0.4 is 16.1 Å². The van der Waals surface area contributed by atoms with Crippen LogP contribution in [-0.4, -0.2) is 33.3 Å². The van der Waals surface area contributed by atoms with Crippen molar-refractivity contribution in [2.75, 3.05) is 10.2 Å². The quantitative estimate of drug-likeness (QED) is 0.238. The van der Waals surface area contributed by atoms with E-state index in [1.807, 2.05) is 0 Å². The second kappa shape index (κ2) is 7.75. The lowest BCUT2D eigenvalue weighted by Crippen LogP contribution is -2.34. The van der Waals surface area contributed by atoms with Crippen molar-refractivity contribution < 1.29 is 24.2 Å². The van der Waals surface area contributed by atoms with Gasteiger partial charge in [0.25, 0.3) is 23.2 Å². The molecule has 0 bridgehead atoms. The van der Waals surface area contributed by atoms with Gasteiger partial charge in [-0.2, -0.15) is 5.10 Å². The molecular weight excluding hydrogens is 400 g/mol. The minimum Gasteiger partial charge on any atom is -0.325 e. The zero-order valence-electron chi connectivity index (χ0n) is 14.9. The van der Waals surface area contributed by atoms with Gasteiger partial charge in [-0.1, -0.05) is 12.1 Å². The molecule has 152 valence electrons. The lowest BCUT2D eigenvalue weighted by molar-refractivity contribution is -0.385. The third kappa shape index (κ3) is 3.54. The summed E-state index contributed by atoms with van der Waals surface area (Å²) in [6.07, 6.45) is 0. The van der Waals surface area contributed by atoms with Crippen molar-refractivity contribution in [3.8, 4) is 0 Å². The molecule has 1 atom stereocenters.